The minimum Gasteiger partial charge on any atom is -0.351 e. The van der Waals surface area contributed by atoms with Crippen LogP contribution in [0.4, 0.5) is 11.4 Å². The molecule has 0 saturated carbocycles. The van der Waals surface area contributed by atoms with Crippen LogP contribution in [0.15, 0.2) is 42.6 Å². The van der Waals surface area contributed by atoms with Crippen LogP contribution in [0.25, 0.3) is 5.65 Å². The molecular weight excluding hydrogens is 374 g/mol. The molecule has 2 amide bonds. The molecule has 0 saturated heterocycles. The quantitative estimate of drug-likeness (QED) is 0.362. The highest BCUT2D eigenvalue weighted by Gasteiger charge is 2.17. The summed E-state index contributed by atoms with van der Waals surface area (Å²) in [5.74, 6) is -0.527. The second-order valence-corrected chi connectivity index (χ2v) is 6.65. The van der Waals surface area contributed by atoms with Gasteiger partial charge in [-0.1, -0.05) is 12.1 Å². The minimum absolute atomic E-state index is 0.0892. The third kappa shape index (κ3) is 4.57. The first kappa shape index (κ1) is 20.0. The van der Waals surface area contributed by atoms with Gasteiger partial charge in [-0.05, 0) is 38.0 Å². The molecule has 3 aromatic rings. The molecule has 9 nitrogen and oxygen atoms in total. The Hall–Kier alpha value is -3.75. The van der Waals surface area contributed by atoms with Crippen molar-refractivity contribution in [3.8, 4) is 0 Å². The maximum atomic E-state index is 12.6. The number of hydrogen-bond donors (Lipinski definition) is 2. The fraction of sp³-hybridized carbons (Fsp3) is 0.250. The topological polar surface area (TPSA) is 119 Å². The number of nitrogens with zero attached hydrogens (tertiary/aromatic N) is 3. The number of carbonyl (C=O) groups excluding carboxylic acids is 2. The molecule has 1 aromatic carbocycles. The van der Waals surface area contributed by atoms with E-state index in [2.05, 4.69) is 15.6 Å². The van der Waals surface area contributed by atoms with E-state index in [0.717, 1.165) is 11.2 Å². The molecule has 3 rings (SSSR count). The predicted octanol–water partition coefficient (Wildman–Crippen LogP) is 3.01. The Labute approximate surface area is 166 Å². The number of aryl methyl sites for hydroxylation is 2. The number of rotatable bonds is 7. The standard InChI is InChI=1S/C20H21N5O4/c1-13-6-5-11-24-18(14(2)22-19(13)24)20(27)21-10-4-9-17(26)23-15-7-3-8-16(12-15)25(28)29/h3,5-8,11-12H,4,9-10H2,1-2H3,(H,21,27)(H,23,26). The van der Waals surface area contributed by atoms with Gasteiger partial charge < -0.3 is 10.6 Å². The molecule has 9 heteroatoms. The fourth-order valence-electron chi connectivity index (χ4n) is 3.05. The molecule has 0 spiro atoms. The van der Waals surface area contributed by atoms with Crippen LogP contribution in [-0.4, -0.2) is 32.7 Å². The number of benzene rings is 1. The molecule has 2 N–H and O–H groups in total. The number of hydrogen-bond acceptors (Lipinski definition) is 5. The Balaban J connectivity index is 1.52. The van der Waals surface area contributed by atoms with E-state index >= 15 is 0 Å². The van der Waals surface area contributed by atoms with Crippen LogP contribution >= 0.6 is 0 Å². The van der Waals surface area contributed by atoms with Crippen molar-refractivity contribution in [2.45, 2.75) is 26.7 Å². The molecule has 29 heavy (non-hydrogen) atoms. The lowest BCUT2D eigenvalue weighted by atomic mass is 10.2. The summed E-state index contributed by atoms with van der Waals surface area (Å²) >= 11 is 0. The van der Waals surface area contributed by atoms with Gasteiger partial charge in [0.15, 0.2) is 0 Å². The second-order valence-electron chi connectivity index (χ2n) is 6.65. The SMILES string of the molecule is Cc1nc2c(C)cccn2c1C(=O)NCCCC(=O)Nc1cccc([N+](=O)[O-])c1. The van der Waals surface area contributed by atoms with Crippen LogP contribution in [0.1, 0.15) is 34.6 Å². The molecule has 2 aromatic heterocycles. The van der Waals surface area contributed by atoms with Crippen LogP contribution in [0.3, 0.4) is 0 Å². The number of pyridine rings is 1. The van der Waals surface area contributed by atoms with Crippen molar-refractivity contribution in [3.63, 3.8) is 0 Å². The number of nitrogens with one attached hydrogen (secondary N) is 2. The van der Waals surface area contributed by atoms with Gasteiger partial charge in [-0.25, -0.2) is 4.98 Å². The Kier molecular flexibility index (Phi) is 5.87. The molecule has 0 aliphatic rings. The van der Waals surface area contributed by atoms with E-state index < -0.39 is 4.92 Å². The van der Waals surface area contributed by atoms with Crippen LogP contribution in [0.5, 0.6) is 0 Å². The zero-order chi connectivity index (χ0) is 21.0. The van der Waals surface area contributed by atoms with Crippen molar-refractivity contribution in [1.82, 2.24) is 14.7 Å². The predicted molar refractivity (Wildman–Crippen MR) is 108 cm³/mol. The maximum Gasteiger partial charge on any atom is 0.271 e. The third-order valence-electron chi connectivity index (χ3n) is 4.44. The van der Waals surface area contributed by atoms with E-state index in [1.807, 2.05) is 19.1 Å². The van der Waals surface area contributed by atoms with Crippen molar-refractivity contribution >= 4 is 28.8 Å². The first-order valence-corrected chi connectivity index (χ1v) is 9.13. The van der Waals surface area contributed by atoms with Gasteiger partial charge in [-0.15, -0.1) is 0 Å². The molecule has 0 atom stereocenters. The average molecular weight is 395 g/mol. The lowest BCUT2D eigenvalue weighted by Gasteiger charge is -2.07. The Morgan fingerprint density at radius 3 is 2.76 bits per heavy atom. The highest BCUT2D eigenvalue weighted by Crippen LogP contribution is 2.17. The average Bonchev–Trinajstić information content (AvgIpc) is 3.02. The molecule has 0 aliphatic heterocycles. The van der Waals surface area contributed by atoms with E-state index in [0.29, 0.717) is 30.0 Å². The molecular formula is C20H21N5O4. The summed E-state index contributed by atoms with van der Waals surface area (Å²) in [6.07, 6.45) is 2.40. The summed E-state index contributed by atoms with van der Waals surface area (Å²) in [5, 5.41) is 16.2. The van der Waals surface area contributed by atoms with E-state index in [1.165, 1.54) is 18.2 Å². The van der Waals surface area contributed by atoms with Crippen molar-refractivity contribution in [2.24, 2.45) is 0 Å². The van der Waals surface area contributed by atoms with Gasteiger partial charge in [0, 0.05) is 37.0 Å². The number of nitro benzene ring substituents is 1. The molecule has 0 unspecified atom stereocenters. The highest BCUT2D eigenvalue weighted by molar-refractivity contribution is 5.95. The van der Waals surface area contributed by atoms with E-state index in [-0.39, 0.29) is 23.9 Å². The van der Waals surface area contributed by atoms with Crippen LogP contribution in [0, 0.1) is 24.0 Å². The number of imidazole rings is 1. The van der Waals surface area contributed by atoms with E-state index in [4.69, 9.17) is 0 Å². The highest BCUT2D eigenvalue weighted by atomic mass is 16.6. The normalized spacial score (nSPS) is 10.7. The first-order valence-electron chi connectivity index (χ1n) is 9.13. The van der Waals surface area contributed by atoms with E-state index in [1.54, 1.807) is 23.6 Å². The summed E-state index contributed by atoms with van der Waals surface area (Å²) in [6.45, 7) is 4.04. The van der Waals surface area contributed by atoms with Gasteiger partial charge in [0.05, 0.1) is 10.6 Å². The smallest absolute Gasteiger partial charge is 0.271 e. The molecule has 150 valence electrons. The summed E-state index contributed by atoms with van der Waals surface area (Å²) < 4.78 is 1.76. The second kappa shape index (κ2) is 8.51. The van der Waals surface area contributed by atoms with Crippen LogP contribution < -0.4 is 10.6 Å². The monoisotopic (exact) mass is 395 g/mol. The molecule has 0 bridgehead atoms. The first-order chi connectivity index (χ1) is 13.9. The fourth-order valence-corrected chi connectivity index (χ4v) is 3.05. The number of non-ortho nitro benzene ring substituents is 1. The number of fused-ring (bicyclic) bond motifs is 1. The minimum atomic E-state index is -0.519. The molecule has 0 radical (unpaired) electrons. The molecule has 2 heterocycles. The van der Waals surface area contributed by atoms with Gasteiger partial charge in [0.1, 0.15) is 11.3 Å². The van der Waals surface area contributed by atoms with Gasteiger partial charge in [0.2, 0.25) is 5.91 Å². The van der Waals surface area contributed by atoms with Gasteiger partial charge in [-0.3, -0.25) is 24.1 Å². The lowest BCUT2D eigenvalue weighted by Crippen LogP contribution is -2.27. The number of amides is 2. The van der Waals surface area contributed by atoms with Gasteiger partial charge in [-0.2, -0.15) is 0 Å². The Morgan fingerprint density at radius 2 is 2.00 bits per heavy atom. The van der Waals surface area contributed by atoms with Gasteiger partial charge in [0.25, 0.3) is 11.6 Å². The Morgan fingerprint density at radius 1 is 1.21 bits per heavy atom. The zero-order valence-electron chi connectivity index (χ0n) is 16.1. The van der Waals surface area contributed by atoms with E-state index in [9.17, 15) is 19.7 Å². The molecule has 0 fully saturated rings. The third-order valence-corrected chi connectivity index (χ3v) is 4.44. The van der Waals surface area contributed by atoms with Gasteiger partial charge >= 0.3 is 0 Å². The number of aromatic nitrogens is 2. The number of carbonyl (C=O) groups is 2. The van der Waals surface area contributed by atoms with Crippen molar-refractivity contribution in [2.75, 3.05) is 11.9 Å². The zero-order valence-corrected chi connectivity index (χ0v) is 16.1. The lowest BCUT2D eigenvalue weighted by molar-refractivity contribution is -0.384. The summed E-state index contributed by atoms with van der Waals surface area (Å²) in [6, 6.07) is 9.54. The summed E-state index contributed by atoms with van der Waals surface area (Å²) in [5.41, 5.74) is 3.11. The van der Waals surface area contributed by atoms with Crippen LogP contribution in [-0.2, 0) is 4.79 Å². The van der Waals surface area contributed by atoms with Crippen molar-refractivity contribution in [1.29, 1.82) is 0 Å². The largest absolute Gasteiger partial charge is 0.351 e. The van der Waals surface area contributed by atoms with Crippen molar-refractivity contribution < 1.29 is 14.5 Å². The number of nitro groups is 1. The van der Waals surface area contributed by atoms with Crippen LogP contribution in [0.2, 0.25) is 0 Å². The maximum absolute atomic E-state index is 12.6. The summed E-state index contributed by atoms with van der Waals surface area (Å²) in [7, 11) is 0. The van der Waals surface area contributed by atoms with Crippen molar-refractivity contribution in [3.05, 3.63) is 69.7 Å². The Bertz CT molecular complexity index is 1090. The number of anilines is 1. The molecule has 0 aliphatic carbocycles. The summed E-state index contributed by atoms with van der Waals surface area (Å²) in [4.78, 5) is 39.3.